The standard InChI is InChI=1S/C21H29F3O.C6H7NO2/c1-6-10-17(14-18(11-7-2)21(22,23)24)20(15(3)4)25-19-13-9-8-12-16(19)5;1-9-6-4-5(8)2-3-7-6/h6,10-11,14H,7-9,12-13H2,1-5H3;2-4H,1H3,(H,7,8)/b10-6-,17-14+,18-11-;. The number of rotatable bonds is 7. The number of allylic oxidation sites excluding steroid dienone is 8. The first-order valence-electron chi connectivity index (χ1n) is 11.4. The highest BCUT2D eigenvalue weighted by atomic mass is 19.4. The first-order valence-corrected chi connectivity index (χ1v) is 11.4. The fraction of sp³-hybridized carbons (Fsp3) is 0.444. The average Bonchev–Trinajstić information content (AvgIpc) is 2.77. The first-order chi connectivity index (χ1) is 16.0. The summed E-state index contributed by atoms with van der Waals surface area (Å²) in [4.78, 5) is 13.3. The van der Waals surface area contributed by atoms with Crippen LogP contribution in [0.3, 0.4) is 0 Å². The molecule has 4 nitrogen and oxygen atoms in total. The minimum absolute atomic E-state index is 0.0504. The van der Waals surface area contributed by atoms with Crippen molar-refractivity contribution in [1.82, 2.24) is 4.98 Å². The van der Waals surface area contributed by atoms with Crippen molar-refractivity contribution in [3.8, 4) is 5.88 Å². The summed E-state index contributed by atoms with van der Waals surface area (Å²) in [6, 6.07) is 2.82. The Labute approximate surface area is 200 Å². The molecule has 2 rings (SSSR count). The van der Waals surface area contributed by atoms with Crippen LogP contribution in [0.5, 0.6) is 5.88 Å². The molecule has 1 aliphatic carbocycles. The average molecular weight is 480 g/mol. The summed E-state index contributed by atoms with van der Waals surface area (Å²) in [7, 11) is 1.51. The van der Waals surface area contributed by atoms with E-state index in [0.717, 1.165) is 37.0 Å². The maximum atomic E-state index is 13.3. The lowest BCUT2D eigenvalue weighted by Gasteiger charge is -2.22. The van der Waals surface area contributed by atoms with Crippen LogP contribution in [-0.4, -0.2) is 18.3 Å². The molecule has 34 heavy (non-hydrogen) atoms. The Kier molecular flexibility index (Phi) is 12.3. The molecule has 1 aromatic rings. The molecular weight excluding hydrogens is 443 g/mol. The highest BCUT2D eigenvalue weighted by Crippen LogP contribution is 2.33. The van der Waals surface area contributed by atoms with Crippen molar-refractivity contribution >= 4 is 0 Å². The summed E-state index contributed by atoms with van der Waals surface area (Å²) in [6.45, 7) is 9.25. The van der Waals surface area contributed by atoms with E-state index in [1.165, 1.54) is 37.0 Å². The quantitative estimate of drug-likeness (QED) is 0.319. The molecule has 7 heteroatoms. The Morgan fingerprint density at radius 1 is 1.21 bits per heavy atom. The molecule has 0 amide bonds. The van der Waals surface area contributed by atoms with Crippen LogP contribution < -0.4 is 10.2 Å². The summed E-state index contributed by atoms with van der Waals surface area (Å²) in [5.74, 6) is 1.90. The maximum Gasteiger partial charge on any atom is 0.416 e. The van der Waals surface area contributed by atoms with Crippen molar-refractivity contribution in [1.29, 1.82) is 0 Å². The van der Waals surface area contributed by atoms with E-state index in [1.807, 2.05) is 20.8 Å². The largest absolute Gasteiger partial charge is 0.482 e. The van der Waals surface area contributed by atoms with Crippen molar-refractivity contribution in [2.45, 2.75) is 72.9 Å². The van der Waals surface area contributed by atoms with Gasteiger partial charge >= 0.3 is 6.18 Å². The molecule has 0 spiro atoms. The van der Waals surface area contributed by atoms with Gasteiger partial charge < -0.3 is 14.5 Å². The third-order valence-corrected chi connectivity index (χ3v) is 5.00. The number of ether oxygens (including phenoxy) is 2. The number of methoxy groups -OCH3 is 1. The fourth-order valence-electron chi connectivity index (χ4n) is 3.30. The molecule has 0 aromatic carbocycles. The van der Waals surface area contributed by atoms with E-state index < -0.39 is 11.7 Å². The van der Waals surface area contributed by atoms with Crippen LogP contribution in [-0.2, 0) is 4.74 Å². The molecule has 0 saturated carbocycles. The van der Waals surface area contributed by atoms with Crippen LogP contribution in [0.4, 0.5) is 13.2 Å². The van der Waals surface area contributed by atoms with Gasteiger partial charge in [0.05, 0.1) is 12.7 Å². The van der Waals surface area contributed by atoms with E-state index >= 15 is 0 Å². The number of halogens is 3. The molecule has 1 heterocycles. The summed E-state index contributed by atoms with van der Waals surface area (Å²) in [5, 5.41) is 0. The minimum atomic E-state index is -4.38. The van der Waals surface area contributed by atoms with Crippen LogP contribution in [0.2, 0.25) is 0 Å². The molecule has 0 saturated heterocycles. The third kappa shape index (κ3) is 9.89. The number of aromatic nitrogens is 1. The highest BCUT2D eigenvalue weighted by Gasteiger charge is 2.32. The van der Waals surface area contributed by atoms with Crippen molar-refractivity contribution < 1.29 is 22.6 Å². The topological polar surface area (TPSA) is 51.3 Å². The predicted octanol–water partition coefficient (Wildman–Crippen LogP) is 7.93. The number of hydrogen-bond acceptors (Lipinski definition) is 3. The predicted molar refractivity (Wildman–Crippen MR) is 132 cm³/mol. The van der Waals surface area contributed by atoms with Gasteiger partial charge in [0.15, 0.2) is 11.3 Å². The van der Waals surface area contributed by atoms with Gasteiger partial charge in [-0.05, 0) is 70.6 Å². The number of nitrogens with one attached hydrogen (secondary N) is 1. The lowest BCUT2D eigenvalue weighted by atomic mass is 9.98. The van der Waals surface area contributed by atoms with E-state index in [0.29, 0.717) is 23.6 Å². The monoisotopic (exact) mass is 479 g/mol. The van der Waals surface area contributed by atoms with Gasteiger partial charge in [0.25, 0.3) is 0 Å². The van der Waals surface area contributed by atoms with E-state index in [9.17, 15) is 18.0 Å². The van der Waals surface area contributed by atoms with Crippen LogP contribution in [0.1, 0.15) is 66.7 Å². The van der Waals surface area contributed by atoms with Crippen molar-refractivity contribution in [2.75, 3.05) is 7.11 Å². The molecule has 1 aromatic heterocycles. The zero-order valence-electron chi connectivity index (χ0n) is 20.9. The molecule has 0 atom stereocenters. The van der Waals surface area contributed by atoms with E-state index in [1.54, 1.807) is 32.2 Å². The van der Waals surface area contributed by atoms with Gasteiger partial charge in [-0.3, -0.25) is 4.79 Å². The molecule has 188 valence electrons. The number of alkyl halides is 3. The van der Waals surface area contributed by atoms with Gasteiger partial charge in [-0.2, -0.15) is 13.2 Å². The van der Waals surface area contributed by atoms with Gasteiger partial charge in [-0.25, -0.2) is 0 Å². The van der Waals surface area contributed by atoms with E-state index in [2.05, 4.69) is 4.98 Å². The molecule has 0 aliphatic heterocycles. The van der Waals surface area contributed by atoms with Crippen LogP contribution in [0, 0.1) is 0 Å². The van der Waals surface area contributed by atoms with Crippen molar-refractivity contribution in [3.05, 3.63) is 86.7 Å². The SMILES string of the molecule is COc1cc(=O)cc[nH]1.C\C=C/C(=C\C(=C\CC)C(F)(F)F)C(OC1=C(C)CCCC1)=C(C)C. The lowest BCUT2D eigenvalue weighted by Crippen LogP contribution is -2.11. The summed E-state index contributed by atoms with van der Waals surface area (Å²) in [5.41, 5.74) is 1.80. The first kappa shape index (κ1) is 29.1. The molecule has 1 N–H and O–H groups in total. The van der Waals surface area contributed by atoms with Gasteiger partial charge in [0.2, 0.25) is 0 Å². The smallest absolute Gasteiger partial charge is 0.416 e. The number of pyridine rings is 1. The summed E-state index contributed by atoms with van der Waals surface area (Å²) in [6.07, 6.45) is 7.30. The second kappa shape index (κ2) is 14.3. The van der Waals surface area contributed by atoms with E-state index in [-0.39, 0.29) is 5.43 Å². The van der Waals surface area contributed by atoms with Gasteiger partial charge in [0, 0.05) is 30.3 Å². The zero-order valence-corrected chi connectivity index (χ0v) is 20.9. The Bertz CT molecular complexity index is 1000. The Morgan fingerprint density at radius 2 is 1.88 bits per heavy atom. The molecule has 1 aliphatic rings. The molecule has 0 unspecified atom stereocenters. The number of hydrogen-bond donors (Lipinski definition) is 1. The summed E-state index contributed by atoms with van der Waals surface area (Å²) < 4.78 is 50.7. The molecule has 0 bridgehead atoms. The number of aromatic amines is 1. The van der Waals surface area contributed by atoms with Gasteiger partial charge in [0.1, 0.15) is 11.5 Å². The lowest BCUT2D eigenvalue weighted by molar-refractivity contribution is -0.0884. The van der Waals surface area contributed by atoms with Gasteiger partial charge in [-0.15, -0.1) is 0 Å². The second-order valence-corrected chi connectivity index (χ2v) is 8.10. The third-order valence-electron chi connectivity index (χ3n) is 5.00. The Balaban J connectivity index is 0.000000533. The number of H-pyrrole nitrogens is 1. The zero-order chi connectivity index (χ0) is 25.7. The van der Waals surface area contributed by atoms with E-state index in [4.69, 9.17) is 9.47 Å². The Morgan fingerprint density at radius 3 is 2.35 bits per heavy atom. The fourth-order valence-corrected chi connectivity index (χ4v) is 3.30. The minimum Gasteiger partial charge on any atom is -0.482 e. The normalized spacial score (nSPS) is 15.1. The maximum absolute atomic E-state index is 13.3. The molecular formula is C27H36F3NO3. The second-order valence-electron chi connectivity index (χ2n) is 8.10. The molecule has 0 fully saturated rings. The van der Waals surface area contributed by atoms with Crippen LogP contribution in [0.15, 0.2) is 81.2 Å². The van der Waals surface area contributed by atoms with Crippen LogP contribution in [0.25, 0.3) is 0 Å². The summed E-state index contributed by atoms with van der Waals surface area (Å²) >= 11 is 0. The van der Waals surface area contributed by atoms with Crippen LogP contribution >= 0.6 is 0 Å². The molecule has 0 radical (unpaired) electrons. The highest BCUT2D eigenvalue weighted by molar-refractivity contribution is 5.45. The van der Waals surface area contributed by atoms with Crippen molar-refractivity contribution in [3.63, 3.8) is 0 Å². The Hall–Kier alpha value is -2.96. The van der Waals surface area contributed by atoms with Crippen molar-refractivity contribution in [2.24, 2.45) is 0 Å². The van der Waals surface area contributed by atoms with Gasteiger partial charge in [-0.1, -0.05) is 25.2 Å².